The first-order chi connectivity index (χ1) is 8.87. The van der Waals surface area contributed by atoms with E-state index in [2.05, 4.69) is 0 Å². The van der Waals surface area contributed by atoms with Gasteiger partial charge in [0.25, 0.3) is 0 Å². The highest BCUT2D eigenvalue weighted by molar-refractivity contribution is 7.89. The lowest BCUT2D eigenvalue weighted by Crippen LogP contribution is -2.34. The average Bonchev–Trinajstić information content (AvgIpc) is 2.76. The summed E-state index contributed by atoms with van der Waals surface area (Å²) in [4.78, 5) is 0.330. The maximum absolute atomic E-state index is 12.7. The minimum absolute atomic E-state index is 0.0586. The smallest absolute Gasteiger partial charge is 0.243 e. The molecule has 1 aromatic rings. The standard InChI is InChI=1S/C14H21NO3S/c1-10-7-11(2)14(8-13(10)9-16)19(17,18)15-6-4-5-12(15)3/h7-8,12,16H,4-6,9H2,1-3H3. The molecule has 4 nitrogen and oxygen atoms in total. The van der Waals surface area contributed by atoms with Crippen LogP contribution < -0.4 is 0 Å². The van der Waals surface area contributed by atoms with Gasteiger partial charge < -0.3 is 5.11 Å². The highest BCUT2D eigenvalue weighted by atomic mass is 32.2. The number of aryl methyl sites for hydroxylation is 2. The molecule has 5 heteroatoms. The van der Waals surface area contributed by atoms with Crippen molar-refractivity contribution in [2.45, 2.75) is 51.2 Å². The second-order valence-electron chi connectivity index (χ2n) is 5.31. The summed E-state index contributed by atoms with van der Waals surface area (Å²) in [5.41, 5.74) is 2.35. The van der Waals surface area contributed by atoms with E-state index in [1.165, 1.54) is 0 Å². The van der Waals surface area contributed by atoms with Crippen molar-refractivity contribution in [3.05, 3.63) is 28.8 Å². The summed E-state index contributed by atoms with van der Waals surface area (Å²) in [5.74, 6) is 0. The molecule has 0 bridgehead atoms. The molecule has 0 aliphatic carbocycles. The Bertz CT molecular complexity index is 581. The Balaban J connectivity index is 2.51. The number of aliphatic hydroxyl groups excluding tert-OH is 1. The summed E-state index contributed by atoms with van der Waals surface area (Å²) < 4.78 is 27.0. The van der Waals surface area contributed by atoms with Crippen molar-refractivity contribution in [1.82, 2.24) is 4.31 Å². The van der Waals surface area contributed by atoms with Crippen molar-refractivity contribution < 1.29 is 13.5 Å². The van der Waals surface area contributed by atoms with Crippen molar-refractivity contribution in [3.8, 4) is 0 Å². The number of sulfonamides is 1. The van der Waals surface area contributed by atoms with Gasteiger partial charge in [-0.15, -0.1) is 0 Å². The van der Waals surface area contributed by atoms with Crippen LogP contribution in [-0.4, -0.2) is 30.4 Å². The van der Waals surface area contributed by atoms with Crippen LogP contribution in [-0.2, 0) is 16.6 Å². The number of hydrogen-bond acceptors (Lipinski definition) is 3. The topological polar surface area (TPSA) is 57.6 Å². The van der Waals surface area contributed by atoms with Crippen LogP contribution in [0, 0.1) is 13.8 Å². The van der Waals surface area contributed by atoms with Crippen LogP contribution in [0.4, 0.5) is 0 Å². The Morgan fingerprint density at radius 1 is 1.32 bits per heavy atom. The fourth-order valence-corrected chi connectivity index (χ4v) is 4.67. The van der Waals surface area contributed by atoms with Crippen LogP contribution in [0.5, 0.6) is 0 Å². The van der Waals surface area contributed by atoms with Crippen LogP contribution in [0.3, 0.4) is 0 Å². The number of hydrogen-bond donors (Lipinski definition) is 1. The fourth-order valence-electron chi connectivity index (χ4n) is 2.71. The van der Waals surface area contributed by atoms with Gasteiger partial charge in [0.1, 0.15) is 0 Å². The van der Waals surface area contributed by atoms with Gasteiger partial charge in [0.2, 0.25) is 10.0 Å². The van der Waals surface area contributed by atoms with Gasteiger partial charge in [-0.2, -0.15) is 4.31 Å². The summed E-state index contributed by atoms with van der Waals surface area (Å²) in [6, 6.07) is 3.51. The summed E-state index contributed by atoms with van der Waals surface area (Å²) in [7, 11) is -3.45. The zero-order chi connectivity index (χ0) is 14.2. The highest BCUT2D eigenvalue weighted by Crippen LogP contribution is 2.29. The van der Waals surface area contributed by atoms with E-state index in [0.29, 0.717) is 17.0 Å². The quantitative estimate of drug-likeness (QED) is 0.922. The van der Waals surface area contributed by atoms with E-state index in [1.807, 2.05) is 26.8 Å². The molecule has 0 spiro atoms. The largest absolute Gasteiger partial charge is 0.392 e. The molecule has 1 N–H and O–H groups in total. The van der Waals surface area contributed by atoms with E-state index in [0.717, 1.165) is 24.0 Å². The van der Waals surface area contributed by atoms with Gasteiger partial charge in [-0.1, -0.05) is 6.07 Å². The molecule has 0 saturated carbocycles. The molecule has 1 fully saturated rings. The molecule has 0 aromatic heterocycles. The van der Waals surface area contributed by atoms with Crippen molar-refractivity contribution >= 4 is 10.0 Å². The molecule has 1 aliphatic rings. The fraction of sp³-hybridized carbons (Fsp3) is 0.571. The van der Waals surface area contributed by atoms with Crippen LogP contribution in [0.15, 0.2) is 17.0 Å². The predicted octanol–water partition coefficient (Wildman–Crippen LogP) is 1.97. The summed E-state index contributed by atoms with van der Waals surface area (Å²) >= 11 is 0. The van der Waals surface area contributed by atoms with Crippen molar-refractivity contribution in [2.24, 2.45) is 0 Å². The molecule has 1 saturated heterocycles. The second kappa shape index (κ2) is 5.23. The summed E-state index contributed by atoms with van der Waals surface area (Å²) in [6.07, 6.45) is 1.83. The van der Waals surface area contributed by atoms with Crippen molar-refractivity contribution in [1.29, 1.82) is 0 Å². The first-order valence-electron chi connectivity index (χ1n) is 6.60. The molecular formula is C14H21NO3S. The van der Waals surface area contributed by atoms with Gasteiger partial charge >= 0.3 is 0 Å². The number of benzene rings is 1. The molecule has 1 aliphatic heterocycles. The molecule has 106 valence electrons. The second-order valence-corrected chi connectivity index (χ2v) is 7.17. The summed E-state index contributed by atoms with van der Waals surface area (Å²) in [5, 5.41) is 9.31. The third-order valence-corrected chi connectivity index (χ3v) is 6.04. The average molecular weight is 283 g/mol. The molecule has 2 rings (SSSR count). The Morgan fingerprint density at radius 2 is 2.00 bits per heavy atom. The lowest BCUT2D eigenvalue weighted by Gasteiger charge is -2.22. The van der Waals surface area contributed by atoms with Gasteiger partial charge in [-0.25, -0.2) is 8.42 Å². The van der Waals surface area contributed by atoms with E-state index in [-0.39, 0.29) is 12.6 Å². The van der Waals surface area contributed by atoms with Gasteiger partial charge in [0.05, 0.1) is 11.5 Å². The first kappa shape index (κ1) is 14.5. The van der Waals surface area contributed by atoms with Crippen molar-refractivity contribution in [3.63, 3.8) is 0 Å². The Hall–Kier alpha value is -0.910. The maximum Gasteiger partial charge on any atom is 0.243 e. The molecular weight excluding hydrogens is 262 g/mol. The SMILES string of the molecule is Cc1cc(C)c(S(=O)(=O)N2CCCC2C)cc1CO. The lowest BCUT2D eigenvalue weighted by atomic mass is 10.1. The first-order valence-corrected chi connectivity index (χ1v) is 8.04. The van der Waals surface area contributed by atoms with Crippen LogP contribution >= 0.6 is 0 Å². The minimum Gasteiger partial charge on any atom is -0.392 e. The monoisotopic (exact) mass is 283 g/mol. The third kappa shape index (κ3) is 2.55. The van der Waals surface area contributed by atoms with Gasteiger partial charge in [-0.3, -0.25) is 0 Å². The lowest BCUT2D eigenvalue weighted by molar-refractivity contribution is 0.280. The van der Waals surface area contributed by atoms with Crippen molar-refractivity contribution in [2.75, 3.05) is 6.54 Å². The molecule has 19 heavy (non-hydrogen) atoms. The Morgan fingerprint density at radius 3 is 2.53 bits per heavy atom. The number of rotatable bonds is 3. The zero-order valence-corrected chi connectivity index (χ0v) is 12.5. The van der Waals surface area contributed by atoms with Crippen LogP contribution in [0.1, 0.15) is 36.5 Å². The minimum atomic E-state index is -3.45. The maximum atomic E-state index is 12.7. The van der Waals surface area contributed by atoms with Crippen LogP contribution in [0.2, 0.25) is 0 Å². The van der Waals surface area contributed by atoms with Gasteiger partial charge in [-0.05, 0) is 56.4 Å². The molecule has 0 amide bonds. The number of nitrogens with zero attached hydrogens (tertiary/aromatic N) is 1. The predicted molar refractivity (Wildman–Crippen MR) is 74.4 cm³/mol. The van der Waals surface area contributed by atoms with E-state index >= 15 is 0 Å². The highest BCUT2D eigenvalue weighted by Gasteiger charge is 2.33. The number of aliphatic hydroxyl groups is 1. The molecule has 1 heterocycles. The Kier molecular flexibility index (Phi) is 3.99. The molecule has 1 aromatic carbocycles. The van der Waals surface area contributed by atoms with E-state index in [4.69, 9.17) is 0 Å². The van der Waals surface area contributed by atoms with E-state index in [9.17, 15) is 13.5 Å². The van der Waals surface area contributed by atoms with E-state index < -0.39 is 10.0 Å². The third-order valence-electron chi connectivity index (χ3n) is 3.88. The van der Waals surface area contributed by atoms with Gasteiger partial charge in [0, 0.05) is 12.6 Å². The zero-order valence-electron chi connectivity index (χ0n) is 11.7. The normalized spacial score (nSPS) is 20.9. The van der Waals surface area contributed by atoms with Gasteiger partial charge in [0.15, 0.2) is 0 Å². The molecule has 1 atom stereocenters. The molecule has 0 radical (unpaired) electrons. The van der Waals surface area contributed by atoms with E-state index in [1.54, 1.807) is 10.4 Å². The molecule has 1 unspecified atom stereocenters. The van der Waals surface area contributed by atoms with Crippen LogP contribution in [0.25, 0.3) is 0 Å². The Labute approximate surface area is 115 Å². The summed E-state index contributed by atoms with van der Waals surface area (Å²) in [6.45, 7) is 6.09.